The molecule has 0 amide bonds. The average Bonchev–Trinajstić information content (AvgIpc) is 2.64. The predicted octanol–water partition coefficient (Wildman–Crippen LogP) is 5.56. The lowest BCUT2D eigenvalue weighted by Crippen LogP contribution is -2.19. The van der Waals surface area contributed by atoms with Gasteiger partial charge >= 0.3 is 6.18 Å². The summed E-state index contributed by atoms with van der Waals surface area (Å²) in [6, 6.07) is 19.5. The molecule has 0 fully saturated rings. The zero-order valence-electron chi connectivity index (χ0n) is 14.3. The molecule has 132 valence electrons. The van der Waals surface area contributed by atoms with Crippen molar-refractivity contribution in [2.75, 3.05) is 6.54 Å². The van der Waals surface area contributed by atoms with Crippen LogP contribution in [0.1, 0.15) is 29.7 Å². The van der Waals surface area contributed by atoms with Crippen molar-refractivity contribution in [3.05, 3.63) is 83.4 Å². The molecule has 0 saturated carbocycles. The summed E-state index contributed by atoms with van der Waals surface area (Å²) in [5.74, 6) is 5.69. The largest absolute Gasteiger partial charge is 0.416 e. The van der Waals surface area contributed by atoms with Crippen molar-refractivity contribution >= 4 is 10.8 Å². The minimum Gasteiger partial charge on any atom is -0.300 e. The molecular weight excluding hydrogens is 335 g/mol. The monoisotopic (exact) mass is 353 g/mol. The van der Waals surface area contributed by atoms with E-state index in [9.17, 15) is 13.2 Å². The number of halogens is 3. The molecule has 1 N–H and O–H groups in total. The molecule has 3 aromatic rings. The Kier molecular flexibility index (Phi) is 5.29. The van der Waals surface area contributed by atoms with Crippen LogP contribution in [0.25, 0.3) is 10.8 Å². The highest BCUT2D eigenvalue weighted by Gasteiger charge is 2.30. The van der Waals surface area contributed by atoms with Gasteiger partial charge in [0.1, 0.15) is 0 Å². The first-order valence-electron chi connectivity index (χ1n) is 8.32. The van der Waals surface area contributed by atoms with Crippen LogP contribution in [0.2, 0.25) is 0 Å². The number of hydrogen-bond donors (Lipinski definition) is 1. The molecule has 0 bridgehead atoms. The average molecular weight is 353 g/mol. The maximum Gasteiger partial charge on any atom is 0.416 e. The van der Waals surface area contributed by atoms with Gasteiger partial charge in [0.25, 0.3) is 0 Å². The summed E-state index contributed by atoms with van der Waals surface area (Å²) in [5.41, 5.74) is 0.852. The number of benzene rings is 3. The van der Waals surface area contributed by atoms with Crippen molar-refractivity contribution in [2.45, 2.75) is 19.1 Å². The van der Waals surface area contributed by atoms with Crippen LogP contribution in [0.15, 0.2) is 66.7 Å². The van der Waals surface area contributed by atoms with Gasteiger partial charge in [0, 0.05) is 11.6 Å². The van der Waals surface area contributed by atoms with Crippen molar-refractivity contribution in [3.8, 4) is 11.8 Å². The van der Waals surface area contributed by atoms with Gasteiger partial charge in [0.15, 0.2) is 0 Å². The van der Waals surface area contributed by atoms with E-state index in [1.54, 1.807) is 6.07 Å². The second kappa shape index (κ2) is 7.63. The van der Waals surface area contributed by atoms with Gasteiger partial charge in [-0.1, -0.05) is 60.4 Å². The van der Waals surface area contributed by atoms with E-state index in [1.165, 1.54) is 22.4 Å². The molecule has 0 aliphatic heterocycles. The Morgan fingerprint density at radius 3 is 2.50 bits per heavy atom. The first-order valence-corrected chi connectivity index (χ1v) is 8.32. The zero-order valence-corrected chi connectivity index (χ0v) is 14.3. The molecule has 0 aromatic heterocycles. The number of rotatable bonds is 3. The Morgan fingerprint density at radius 2 is 1.69 bits per heavy atom. The second-order valence-corrected chi connectivity index (χ2v) is 6.05. The highest BCUT2D eigenvalue weighted by Crippen LogP contribution is 2.29. The van der Waals surface area contributed by atoms with Crippen LogP contribution in [0.4, 0.5) is 13.2 Å². The topological polar surface area (TPSA) is 12.0 Å². The summed E-state index contributed by atoms with van der Waals surface area (Å²) in [5, 5.41) is 5.67. The summed E-state index contributed by atoms with van der Waals surface area (Å²) in [6.07, 6.45) is -4.35. The SMILES string of the molecule is CC(NCC#Cc1cccc(C(F)(F)F)c1)c1cccc2ccccc12. The zero-order chi connectivity index (χ0) is 18.6. The Morgan fingerprint density at radius 1 is 0.962 bits per heavy atom. The van der Waals surface area contributed by atoms with Gasteiger partial charge in [-0.05, 0) is 41.5 Å². The Labute approximate surface area is 150 Å². The molecule has 3 aromatic carbocycles. The van der Waals surface area contributed by atoms with Gasteiger partial charge in [-0.2, -0.15) is 13.2 Å². The van der Waals surface area contributed by atoms with Gasteiger partial charge in [-0.15, -0.1) is 0 Å². The van der Waals surface area contributed by atoms with E-state index in [0.29, 0.717) is 12.1 Å². The predicted molar refractivity (Wildman–Crippen MR) is 98.7 cm³/mol. The van der Waals surface area contributed by atoms with Gasteiger partial charge < -0.3 is 0 Å². The standard InChI is InChI=1S/C22H18F3N/c1-16(20-13-5-10-18-9-2-3-12-21(18)20)26-14-6-8-17-7-4-11-19(15-17)22(23,24)25/h2-5,7,9-13,15-16,26H,14H2,1H3. The first-order chi connectivity index (χ1) is 12.4. The van der Waals surface area contributed by atoms with Gasteiger partial charge in [-0.3, -0.25) is 5.32 Å². The van der Waals surface area contributed by atoms with Gasteiger partial charge in [-0.25, -0.2) is 0 Å². The van der Waals surface area contributed by atoms with E-state index in [1.807, 2.05) is 25.1 Å². The lowest BCUT2D eigenvalue weighted by Gasteiger charge is -2.15. The van der Waals surface area contributed by atoms with Crippen molar-refractivity contribution in [1.29, 1.82) is 0 Å². The minimum absolute atomic E-state index is 0.0805. The molecule has 1 nitrogen and oxygen atoms in total. The third kappa shape index (κ3) is 4.25. The number of hydrogen-bond acceptors (Lipinski definition) is 1. The van der Waals surface area contributed by atoms with E-state index in [0.717, 1.165) is 12.1 Å². The van der Waals surface area contributed by atoms with Crippen LogP contribution in [0.3, 0.4) is 0 Å². The Balaban J connectivity index is 1.68. The highest BCUT2D eigenvalue weighted by atomic mass is 19.4. The number of nitrogens with one attached hydrogen (secondary N) is 1. The first kappa shape index (κ1) is 18.0. The van der Waals surface area contributed by atoms with Gasteiger partial charge in [0.05, 0.1) is 12.1 Å². The Bertz CT molecular complexity index is 959. The van der Waals surface area contributed by atoms with Crippen LogP contribution >= 0.6 is 0 Å². The van der Waals surface area contributed by atoms with Crippen LogP contribution < -0.4 is 5.32 Å². The summed E-state index contributed by atoms with van der Waals surface area (Å²) in [7, 11) is 0. The fourth-order valence-corrected chi connectivity index (χ4v) is 2.86. The number of alkyl halides is 3. The van der Waals surface area contributed by atoms with Crippen molar-refractivity contribution in [2.24, 2.45) is 0 Å². The fourth-order valence-electron chi connectivity index (χ4n) is 2.86. The molecule has 0 spiro atoms. The van der Waals surface area contributed by atoms with Crippen LogP contribution in [0.5, 0.6) is 0 Å². The van der Waals surface area contributed by atoms with Crippen LogP contribution in [0, 0.1) is 11.8 Å². The maximum absolute atomic E-state index is 12.7. The normalized spacial score (nSPS) is 12.5. The molecule has 1 unspecified atom stereocenters. The third-order valence-electron chi connectivity index (χ3n) is 4.21. The van der Waals surface area contributed by atoms with E-state index >= 15 is 0 Å². The summed E-state index contributed by atoms with van der Waals surface area (Å²) in [4.78, 5) is 0. The Hall–Kier alpha value is -2.77. The molecule has 0 aliphatic carbocycles. The van der Waals surface area contributed by atoms with Crippen molar-refractivity contribution in [1.82, 2.24) is 5.32 Å². The lowest BCUT2D eigenvalue weighted by atomic mass is 10.00. The minimum atomic E-state index is -4.35. The van der Waals surface area contributed by atoms with Crippen molar-refractivity contribution in [3.63, 3.8) is 0 Å². The van der Waals surface area contributed by atoms with E-state index < -0.39 is 11.7 Å². The molecule has 0 heterocycles. The maximum atomic E-state index is 12.7. The fraction of sp³-hybridized carbons (Fsp3) is 0.182. The summed E-state index contributed by atoms with van der Waals surface area (Å²) < 4.78 is 38.2. The molecule has 0 saturated heterocycles. The number of fused-ring (bicyclic) bond motifs is 1. The quantitative estimate of drug-likeness (QED) is 0.608. The smallest absolute Gasteiger partial charge is 0.300 e. The molecule has 0 aliphatic rings. The van der Waals surface area contributed by atoms with Crippen molar-refractivity contribution < 1.29 is 13.2 Å². The van der Waals surface area contributed by atoms with E-state index in [4.69, 9.17) is 0 Å². The van der Waals surface area contributed by atoms with Crippen LogP contribution in [-0.2, 0) is 6.18 Å². The van der Waals surface area contributed by atoms with E-state index in [2.05, 4.69) is 41.4 Å². The molecule has 1 atom stereocenters. The third-order valence-corrected chi connectivity index (χ3v) is 4.21. The molecule has 3 rings (SSSR count). The molecule has 26 heavy (non-hydrogen) atoms. The van der Waals surface area contributed by atoms with Gasteiger partial charge in [0.2, 0.25) is 0 Å². The lowest BCUT2D eigenvalue weighted by molar-refractivity contribution is -0.137. The highest BCUT2D eigenvalue weighted by molar-refractivity contribution is 5.86. The molecule has 4 heteroatoms. The molecule has 0 radical (unpaired) electrons. The second-order valence-electron chi connectivity index (χ2n) is 6.05. The summed E-state index contributed by atoms with van der Waals surface area (Å²) >= 11 is 0. The van der Waals surface area contributed by atoms with E-state index in [-0.39, 0.29) is 6.04 Å². The van der Waals surface area contributed by atoms with Crippen LogP contribution in [-0.4, -0.2) is 6.54 Å². The molecular formula is C22H18F3N. The summed E-state index contributed by atoms with van der Waals surface area (Å²) in [6.45, 7) is 2.44.